The molecule has 9 rings (SSSR count). The van der Waals surface area contributed by atoms with Gasteiger partial charge in [-0.3, -0.25) is 0 Å². The maximum atomic E-state index is 3.83. The number of aromatic nitrogens is 2. The lowest BCUT2D eigenvalue weighted by Crippen LogP contribution is -2.05. The average Bonchev–Trinajstić information content (AvgIpc) is 3.72. The van der Waals surface area contributed by atoms with Gasteiger partial charge in [0.25, 0.3) is 0 Å². The van der Waals surface area contributed by atoms with Crippen molar-refractivity contribution in [2.24, 2.45) is 0 Å². The zero-order valence-corrected chi connectivity index (χ0v) is 30.8. The van der Waals surface area contributed by atoms with Crippen molar-refractivity contribution in [3.8, 4) is 27.9 Å². The standard InChI is InChI=1S/C49H38N2.C2H6/c1-3-4-5-11-28-50-46-26-23-38(31-44(46)43-25-22-40(33-49(43)50)35-15-7-6-8-16-35)39-24-27-48-45(32-39)42-20-9-10-21-47(42)51(48)41-19-13-18-37(30-41)36-17-12-14-34(2)29-36;1-2/h3-23,25-26,28-33H,1,24,27H2,2H3;1-2H3/b5-4-,28-11-;. The summed E-state index contributed by atoms with van der Waals surface area (Å²) in [6.07, 6.45) is 14.4. The van der Waals surface area contributed by atoms with Gasteiger partial charge in [0.2, 0.25) is 0 Å². The van der Waals surface area contributed by atoms with Crippen molar-refractivity contribution < 1.29 is 0 Å². The number of fused-ring (bicyclic) bond motifs is 6. The molecule has 258 valence electrons. The molecule has 2 heteroatoms. The summed E-state index contributed by atoms with van der Waals surface area (Å²) in [4.78, 5) is 0. The Bertz CT molecular complexity index is 2710. The smallest absolute Gasteiger partial charge is 0.0541 e. The van der Waals surface area contributed by atoms with Gasteiger partial charge in [-0.05, 0) is 102 Å². The fourth-order valence-electron chi connectivity index (χ4n) is 7.90. The summed E-state index contributed by atoms with van der Waals surface area (Å²) >= 11 is 0. The van der Waals surface area contributed by atoms with Crippen LogP contribution in [-0.4, -0.2) is 9.13 Å². The molecule has 0 saturated carbocycles. The van der Waals surface area contributed by atoms with Crippen molar-refractivity contribution >= 4 is 50.6 Å². The SMILES string of the molecule is C=C/C=C\C=C/n1c2ccc(C3=Cc4c(n(-c5cccc(-c6cccc(C)c6)c5)c5ccccc45)CC3)cc2c2ccc(-c3ccccc3)cc21.CC. The maximum Gasteiger partial charge on any atom is 0.0541 e. The molecule has 0 saturated heterocycles. The average molecular weight is 685 g/mol. The Morgan fingerprint density at radius 3 is 2.09 bits per heavy atom. The fourth-order valence-corrected chi connectivity index (χ4v) is 7.90. The fraction of sp³-hybridized carbons (Fsp3) is 0.0980. The molecule has 1 aliphatic rings. The van der Waals surface area contributed by atoms with E-state index in [-0.39, 0.29) is 0 Å². The summed E-state index contributed by atoms with van der Waals surface area (Å²) in [5, 5.41) is 3.82. The molecule has 2 aromatic heterocycles. The van der Waals surface area contributed by atoms with Crippen LogP contribution in [0.4, 0.5) is 0 Å². The lowest BCUT2D eigenvalue weighted by Gasteiger charge is -2.18. The highest BCUT2D eigenvalue weighted by Crippen LogP contribution is 2.41. The third kappa shape index (κ3) is 6.27. The third-order valence-electron chi connectivity index (χ3n) is 10.3. The molecule has 0 bridgehead atoms. The summed E-state index contributed by atoms with van der Waals surface area (Å²) in [7, 11) is 0. The molecule has 0 N–H and O–H groups in total. The second-order valence-corrected chi connectivity index (χ2v) is 13.5. The van der Waals surface area contributed by atoms with Crippen molar-refractivity contribution in [1.82, 2.24) is 9.13 Å². The number of rotatable bonds is 7. The zero-order valence-electron chi connectivity index (χ0n) is 30.8. The van der Waals surface area contributed by atoms with E-state index in [2.05, 4.69) is 181 Å². The van der Waals surface area contributed by atoms with Crippen LogP contribution in [0.25, 0.3) is 78.5 Å². The number of hydrogen-bond acceptors (Lipinski definition) is 0. The van der Waals surface area contributed by atoms with E-state index in [0.29, 0.717) is 0 Å². The van der Waals surface area contributed by atoms with Gasteiger partial charge in [0.15, 0.2) is 0 Å². The highest BCUT2D eigenvalue weighted by atomic mass is 15.0. The molecule has 2 nitrogen and oxygen atoms in total. The first kappa shape index (κ1) is 33.7. The summed E-state index contributed by atoms with van der Waals surface area (Å²) in [6.45, 7) is 9.98. The third-order valence-corrected chi connectivity index (χ3v) is 10.3. The van der Waals surface area contributed by atoms with Crippen LogP contribution in [0, 0.1) is 6.92 Å². The minimum atomic E-state index is 0.975. The number of para-hydroxylation sites is 1. The molecule has 0 amide bonds. The van der Waals surface area contributed by atoms with Crippen molar-refractivity contribution in [2.75, 3.05) is 0 Å². The molecule has 0 atom stereocenters. The lowest BCUT2D eigenvalue weighted by molar-refractivity contribution is 0.898. The Hall–Kier alpha value is -6.38. The molecule has 0 radical (unpaired) electrons. The van der Waals surface area contributed by atoms with Crippen molar-refractivity contribution in [2.45, 2.75) is 33.6 Å². The normalized spacial score (nSPS) is 12.7. The highest BCUT2D eigenvalue weighted by molar-refractivity contribution is 6.11. The monoisotopic (exact) mass is 684 g/mol. The summed E-state index contributed by atoms with van der Waals surface area (Å²) in [5.41, 5.74) is 16.4. The zero-order chi connectivity index (χ0) is 36.3. The molecular weight excluding hydrogens is 641 g/mol. The predicted molar refractivity (Wildman–Crippen MR) is 231 cm³/mol. The number of hydrogen-bond donors (Lipinski definition) is 0. The van der Waals surface area contributed by atoms with Crippen LogP contribution in [-0.2, 0) is 6.42 Å². The van der Waals surface area contributed by atoms with E-state index in [1.165, 1.54) is 88.6 Å². The van der Waals surface area contributed by atoms with Gasteiger partial charge in [0.05, 0.1) is 16.6 Å². The van der Waals surface area contributed by atoms with Gasteiger partial charge >= 0.3 is 0 Å². The molecule has 6 aromatic carbocycles. The first-order chi connectivity index (χ1) is 26.2. The van der Waals surface area contributed by atoms with Gasteiger partial charge in [-0.1, -0.05) is 147 Å². The van der Waals surface area contributed by atoms with Gasteiger partial charge in [-0.25, -0.2) is 0 Å². The van der Waals surface area contributed by atoms with Crippen LogP contribution in [0.2, 0.25) is 0 Å². The van der Waals surface area contributed by atoms with Crippen molar-refractivity contribution in [3.05, 3.63) is 193 Å². The topological polar surface area (TPSA) is 9.86 Å². The second kappa shape index (κ2) is 14.7. The van der Waals surface area contributed by atoms with E-state index >= 15 is 0 Å². The molecule has 0 unspecified atom stereocenters. The number of nitrogens with zero attached hydrogens (tertiary/aromatic N) is 2. The number of aryl methyl sites for hydroxylation is 1. The summed E-state index contributed by atoms with van der Waals surface area (Å²) < 4.78 is 4.81. The molecule has 53 heavy (non-hydrogen) atoms. The molecule has 0 fully saturated rings. The Morgan fingerprint density at radius 2 is 1.26 bits per heavy atom. The largest absolute Gasteiger partial charge is 0.316 e. The number of benzene rings is 6. The van der Waals surface area contributed by atoms with E-state index in [4.69, 9.17) is 0 Å². The van der Waals surface area contributed by atoms with Gasteiger partial charge in [0, 0.05) is 39.3 Å². The van der Waals surface area contributed by atoms with E-state index in [1.807, 2.05) is 26.0 Å². The van der Waals surface area contributed by atoms with Crippen LogP contribution < -0.4 is 0 Å². The quantitative estimate of drug-likeness (QED) is 0.148. The molecular formula is C51H44N2. The first-order valence-electron chi connectivity index (χ1n) is 18.8. The predicted octanol–water partition coefficient (Wildman–Crippen LogP) is 14.1. The van der Waals surface area contributed by atoms with E-state index < -0.39 is 0 Å². The summed E-state index contributed by atoms with van der Waals surface area (Å²) in [5.74, 6) is 0. The van der Waals surface area contributed by atoms with Crippen molar-refractivity contribution in [1.29, 1.82) is 0 Å². The first-order valence-corrected chi connectivity index (χ1v) is 18.8. The highest BCUT2D eigenvalue weighted by Gasteiger charge is 2.22. The molecule has 0 spiro atoms. The van der Waals surface area contributed by atoms with E-state index in [0.717, 1.165) is 12.8 Å². The van der Waals surface area contributed by atoms with E-state index in [9.17, 15) is 0 Å². The Morgan fingerprint density at radius 1 is 0.528 bits per heavy atom. The van der Waals surface area contributed by atoms with Gasteiger partial charge in [0.1, 0.15) is 0 Å². The second-order valence-electron chi connectivity index (χ2n) is 13.5. The lowest BCUT2D eigenvalue weighted by atomic mass is 9.90. The minimum Gasteiger partial charge on any atom is -0.316 e. The van der Waals surface area contributed by atoms with Crippen LogP contribution >= 0.6 is 0 Å². The van der Waals surface area contributed by atoms with Gasteiger partial charge in [-0.15, -0.1) is 0 Å². The molecule has 8 aromatic rings. The summed E-state index contributed by atoms with van der Waals surface area (Å²) in [6, 6.07) is 51.2. The Labute approximate surface area is 313 Å². The van der Waals surface area contributed by atoms with Crippen molar-refractivity contribution in [3.63, 3.8) is 0 Å². The van der Waals surface area contributed by atoms with Gasteiger partial charge < -0.3 is 9.13 Å². The van der Waals surface area contributed by atoms with E-state index in [1.54, 1.807) is 6.08 Å². The number of allylic oxidation sites excluding steroid dienone is 5. The van der Waals surface area contributed by atoms with Crippen LogP contribution in [0.1, 0.15) is 42.7 Å². The molecule has 0 aliphatic heterocycles. The Balaban J connectivity index is 0.00000197. The van der Waals surface area contributed by atoms with Crippen LogP contribution in [0.5, 0.6) is 0 Å². The molecule has 2 heterocycles. The molecule has 1 aliphatic carbocycles. The van der Waals surface area contributed by atoms with Crippen LogP contribution in [0.3, 0.4) is 0 Å². The van der Waals surface area contributed by atoms with Gasteiger partial charge in [-0.2, -0.15) is 0 Å². The Kier molecular flexibility index (Phi) is 9.36. The maximum absolute atomic E-state index is 3.83. The van der Waals surface area contributed by atoms with Crippen LogP contribution in [0.15, 0.2) is 170 Å². The minimum absolute atomic E-state index is 0.975.